The highest BCUT2D eigenvalue weighted by Gasteiger charge is 2.27. The van der Waals surface area contributed by atoms with Gasteiger partial charge in [-0.3, -0.25) is 15.0 Å². The molecule has 0 spiro atoms. The second kappa shape index (κ2) is 12.0. The molecule has 2 aromatic heterocycles. The third-order valence-corrected chi connectivity index (χ3v) is 8.15. The number of morpholine rings is 1. The van der Waals surface area contributed by atoms with Crippen molar-refractivity contribution in [3.8, 4) is 0 Å². The standard InChI is InChI=1S/C25H23Cl3N6O4S/c26-15-1-2-19(30-11-15)31-23(35)17-9-16(27)10-18(33-3-6-37-7-4-33)21(17)32-24(36)22-20(28)14(13-39-22)12-34-5-8-38-25(34)29/h1-2,9-11,13,29H,3-8,12H2,(H,32,36)(H,30,31,35). The minimum absolute atomic E-state index is 0.0745. The molecule has 4 heterocycles. The SMILES string of the molecule is N=C1OCCN1Cc1csc(C(=O)Nc2c(C(=O)Nc3ccc(Cl)cn3)cc(Cl)cc2N2CCOCC2)c1Cl. The zero-order valence-electron chi connectivity index (χ0n) is 20.4. The van der Waals surface area contributed by atoms with Gasteiger partial charge in [-0.15, -0.1) is 11.3 Å². The molecule has 5 rings (SSSR count). The lowest BCUT2D eigenvalue weighted by molar-refractivity contribution is 0.102. The number of nitrogens with zero attached hydrogens (tertiary/aromatic N) is 3. The first-order valence-electron chi connectivity index (χ1n) is 11.9. The molecule has 3 aromatic rings. The van der Waals surface area contributed by atoms with E-state index < -0.39 is 11.8 Å². The summed E-state index contributed by atoms with van der Waals surface area (Å²) in [6.07, 6.45) is 1.42. The van der Waals surface area contributed by atoms with Gasteiger partial charge in [0.05, 0.1) is 46.7 Å². The summed E-state index contributed by atoms with van der Waals surface area (Å²) in [5, 5.41) is 16.4. The normalized spacial score (nSPS) is 15.3. The Morgan fingerprint density at radius 1 is 1.03 bits per heavy atom. The summed E-state index contributed by atoms with van der Waals surface area (Å²) in [5.41, 5.74) is 1.74. The Hall–Kier alpha value is -3.09. The maximum atomic E-state index is 13.5. The van der Waals surface area contributed by atoms with Crippen LogP contribution in [-0.4, -0.2) is 67.2 Å². The van der Waals surface area contributed by atoms with Crippen LogP contribution in [0.2, 0.25) is 15.1 Å². The Balaban J connectivity index is 1.46. The fraction of sp³-hybridized carbons (Fsp3) is 0.280. The molecule has 0 saturated carbocycles. The number of anilines is 3. The van der Waals surface area contributed by atoms with E-state index in [4.69, 9.17) is 49.7 Å². The monoisotopic (exact) mass is 608 g/mol. The van der Waals surface area contributed by atoms with Gasteiger partial charge < -0.3 is 29.9 Å². The number of amidine groups is 1. The molecule has 2 fully saturated rings. The van der Waals surface area contributed by atoms with Gasteiger partial charge in [0.1, 0.15) is 17.3 Å². The number of rotatable bonds is 7. The zero-order chi connectivity index (χ0) is 27.5. The van der Waals surface area contributed by atoms with Crippen molar-refractivity contribution in [1.82, 2.24) is 9.88 Å². The number of hydrogen-bond donors (Lipinski definition) is 3. The number of ether oxygens (including phenoxy) is 2. The molecule has 39 heavy (non-hydrogen) atoms. The molecule has 1 aromatic carbocycles. The van der Waals surface area contributed by atoms with Gasteiger partial charge in [-0.1, -0.05) is 34.8 Å². The lowest BCUT2D eigenvalue weighted by atomic mass is 10.1. The van der Waals surface area contributed by atoms with Crippen molar-refractivity contribution in [3.05, 3.63) is 66.9 Å². The number of thiophene rings is 1. The van der Waals surface area contributed by atoms with Crippen LogP contribution in [0.4, 0.5) is 17.2 Å². The van der Waals surface area contributed by atoms with Crippen molar-refractivity contribution >= 4 is 81.2 Å². The Morgan fingerprint density at radius 3 is 2.51 bits per heavy atom. The largest absolute Gasteiger partial charge is 0.463 e. The van der Waals surface area contributed by atoms with Crippen molar-refractivity contribution in [2.24, 2.45) is 0 Å². The van der Waals surface area contributed by atoms with E-state index in [-0.39, 0.29) is 27.3 Å². The van der Waals surface area contributed by atoms with Crippen molar-refractivity contribution in [1.29, 1.82) is 5.41 Å². The summed E-state index contributed by atoms with van der Waals surface area (Å²) in [6.45, 7) is 3.44. The van der Waals surface area contributed by atoms with Gasteiger partial charge in [-0.2, -0.15) is 0 Å². The maximum Gasteiger partial charge on any atom is 0.284 e. The molecule has 0 aliphatic carbocycles. The fourth-order valence-corrected chi connectivity index (χ4v) is 5.77. The smallest absolute Gasteiger partial charge is 0.284 e. The number of carbonyl (C=O) groups is 2. The van der Waals surface area contributed by atoms with E-state index in [9.17, 15) is 9.59 Å². The number of carbonyl (C=O) groups excluding carboxylic acids is 2. The summed E-state index contributed by atoms with van der Waals surface area (Å²) in [4.78, 5) is 35.1. The van der Waals surface area contributed by atoms with Crippen LogP contribution in [0.25, 0.3) is 0 Å². The van der Waals surface area contributed by atoms with Gasteiger partial charge >= 0.3 is 0 Å². The lowest BCUT2D eigenvalue weighted by Crippen LogP contribution is -2.37. The van der Waals surface area contributed by atoms with Gasteiger partial charge in [0.2, 0.25) is 0 Å². The van der Waals surface area contributed by atoms with Crippen LogP contribution in [0.3, 0.4) is 0 Å². The minimum atomic E-state index is -0.511. The van der Waals surface area contributed by atoms with E-state index in [0.29, 0.717) is 73.0 Å². The Bertz CT molecular complexity index is 1410. The highest BCUT2D eigenvalue weighted by molar-refractivity contribution is 7.13. The summed E-state index contributed by atoms with van der Waals surface area (Å²) in [5.74, 6) is -0.695. The average molecular weight is 610 g/mol. The van der Waals surface area contributed by atoms with Gasteiger partial charge in [-0.25, -0.2) is 4.98 Å². The lowest BCUT2D eigenvalue weighted by Gasteiger charge is -2.31. The van der Waals surface area contributed by atoms with Crippen LogP contribution in [0.5, 0.6) is 0 Å². The summed E-state index contributed by atoms with van der Waals surface area (Å²) >= 11 is 20.2. The van der Waals surface area contributed by atoms with Crippen LogP contribution >= 0.6 is 46.1 Å². The molecule has 2 aliphatic rings. The second-order valence-corrected chi connectivity index (χ2v) is 10.8. The molecule has 3 N–H and O–H groups in total. The van der Waals surface area contributed by atoms with Gasteiger partial charge in [-0.05, 0) is 29.6 Å². The van der Waals surface area contributed by atoms with E-state index in [1.54, 1.807) is 28.5 Å². The molecule has 2 aliphatic heterocycles. The number of halogens is 3. The van der Waals surface area contributed by atoms with Crippen LogP contribution in [0.1, 0.15) is 25.6 Å². The van der Waals surface area contributed by atoms with E-state index in [0.717, 1.165) is 0 Å². The molecule has 10 nitrogen and oxygen atoms in total. The van der Waals surface area contributed by atoms with Gasteiger partial charge in [0.15, 0.2) is 0 Å². The van der Waals surface area contributed by atoms with Crippen LogP contribution < -0.4 is 15.5 Å². The summed E-state index contributed by atoms with van der Waals surface area (Å²) in [7, 11) is 0. The quantitative estimate of drug-likeness (QED) is 0.336. The first-order chi connectivity index (χ1) is 18.8. The van der Waals surface area contributed by atoms with Crippen LogP contribution in [0.15, 0.2) is 35.8 Å². The van der Waals surface area contributed by atoms with Gasteiger partial charge in [0.25, 0.3) is 17.8 Å². The Labute approximate surface area is 243 Å². The van der Waals surface area contributed by atoms with Crippen molar-refractivity contribution < 1.29 is 19.1 Å². The molecule has 2 saturated heterocycles. The van der Waals surface area contributed by atoms with E-state index >= 15 is 0 Å². The van der Waals surface area contributed by atoms with E-state index in [1.807, 2.05) is 4.90 Å². The molecular formula is C25H23Cl3N6O4S. The van der Waals surface area contributed by atoms with Crippen molar-refractivity contribution in [3.63, 3.8) is 0 Å². The van der Waals surface area contributed by atoms with E-state index in [1.165, 1.54) is 23.6 Å². The topological polar surface area (TPSA) is 120 Å². The Morgan fingerprint density at radius 2 is 1.82 bits per heavy atom. The van der Waals surface area contributed by atoms with Crippen molar-refractivity contribution in [2.45, 2.75) is 6.54 Å². The fourth-order valence-electron chi connectivity index (χ4n) is 4.20. The molecular weight excluding hydrogens is 587 g/mol. The summed E-state index contributed by atoms with van der Waals surface area (Å²) < 4.78 is 10.7. The first kappa shape index (κ1) is 27.5. The molecule has 0 unspecified atom stereocenters. The predicted molar refractivity (Wildman–Crippen MR) is 153 cm³/mol. The molecule has 0 radical (unpaired) electrons. The highest BCUT2D eigenvalue weighted by Crippen LogP contribution is 2.37. The Kier molecular flexibility index (Phi) is 8.43. The predicted octanol–water partition coefficient (Wildman–Crippen LogP) is 5.21. The zero-order valence-corrected chi connectivity index (χ0v) is 23.5. The summed E-state index contributed by atoms with van der Waals surface area (Å²) in [6, 6.07) is 6.46. The number of hydrogen-bond acceptors (Lipinski definition) is 8. The van der Waals surface area contributed by atoms with E-state index in [2.05, 4.69) is 15.6 Å². The molecule has 2 amide bonds. The third-order valence-electron chi connectivity index (χ3n) is 6.14. The van der Waals surface area contributed by atoms with Gasteiger partial charge in [0, 0.05) is 36.4 Å². The van der Waals surface area contributed by atoms with Crippen LogP contribution in [0, 0.1) is 5.41 Å². The molecule has 0 atom stereocenters. The number of amides is 2. The first-order valence-corrected chi connectivity index (χ1v) is 13.9. The molecule has 14 heteroatoms. The average Bonchev–Trinajstić information content (AvgIpc) is 3.51. The highest BCUT2D eigenvalue weighted by atomic mass is 35.5. The molecule has 204 valence electrons. The second-order valence-electron chi connectivity index (χ2n) is 8.70. The third kappa shape index (κ3) is 6.23. The maximum absolute atomic E-state index is 13.5. The number of benzene rings is 1. The van der Waals surface area contributed by atoms with Crippen LogP contribution in [-0.2, 0) is 16.0 Å². The molecule has 0 bridgehead atoms. The number of aromatic nitrogens is 1. The van der Waals surface area contributed by atoms with Crippen molar-refractivity contribution in [2.75, 3.05) is 55.0 Å². The number of pyridine rings is 1. The number of nitrogens with one attached hydrogen (secondary N) is 3. The minimum Gasteiger partial charge on any atom is -0.463 e.